The molecule has 1 fully saturated rings. The highest BCUT2D eigenvalue weighted by Crippen LogP contribution is 2.43. The number of rotatable bonds is 4. The predicted octanol–water partition coefficient (Wildman–Crippen LogP) is 1.35. The van der Waals surface area contributed by atoms with E-state index in [-0.39, 0.29) is 0 Å². The molecule has 1 heterocycles. The van der Waals surface area contributed by atoms with Crippen LogP contribution in [0.25, 0.3) is 0 Å². The average molecular weight is 193 g/mol. The highest BCUT2D eigenvalue weighted by atomic mass is 16.5. The number of nitrogens with zero attached hydrogens (tertiary/aromatic N) is 1. The van der Waals surface area contributed by atoms with E-state index in [1.54, 1.807) is 7.11 Å². The topological polar surface area (TPSA) is 42.2 Å². The number of ether oxygens (including phenoxy) is 2. The predicted molar refractivity (Wildman–Crippen MR) is 52.3 cm³/mol. The van der Waals surface area contributed by atoms with Crippen molar-refractivity contribution in [1.82, 2.24) is 0 Å². The lowest BCUT2D eigenvalue weighted by Gasteiger charge is -2.47. The van der Waals surface area contributed by atoms with Gasteiger partial charge in [-0.05, 0) is 6.42 Å². The molecule has 76 valence electrons. The van der Waals surface area contributed by atoms with Gasteiger partial charge in [-0.3, -0.25) is 0 Å². The van der Waals surface area contributed by atoms with E-state index >= 15 is 0 Å². The Labute approximate surface area is 85.0 Å². The maximum Gasteiger partial charge on any atom is 0.151 e. The van der Waals surface area contributed by atoms with E-state index < -0.39 is 11.0 Å². The second-order valence-corrected chi connectivity index (χ2v) is 3.61. The Kier molecular flexibility index (Phi) is 3.16. The van der Waals surface area contributed by atoms with Gasteiger partial charge >= 0.3 is 0 Å². The third-order valence-corrected chi connectivity index (χ3v) is 2.87. The van der Waals surface area contributed by atoms with Crippen LogP contribution >= 0.6 is 0 Å². The van der Waals surface area contributed by atoms with Gasteiger partial charge < -0.3 is 9.47 Å². The molecule has 14 heavy (non-hydrogen) atoms. The Balaban J connectivity index is 2.98. The summed E-state index contributed by atoms with van der Waals surface area (Å²) in [7, 11) is 1.56. The molecule has 0 aromatic carbocycles. The lowest BCUT2D eigenvalue weighted by atomic mass is 9.69. The molecule has 0 N–H and O–H groups in total. The van der Waals surface area contributed by atoms with Crippen molar-refractivity contribution < 1.29 is 9.47 Å². The Morgan fingerprint density at radius 1 is 1.64 bits per heavy atom. The molecule has 0 spiro atoms. The smallest absolute Gasteiger partial charge is 0.151 e. The minimum absolute atomic E-state index is 0.377. The van der Waals surface area contributed by atoms with E-state index in [2.05, 4.69) is 12.0 Å². The molecular formula is C11H15NO2. The average Bonchev–Trinajstić information content (AvgIpc) is 2.15. The van der Waals surface area contributed by atoms with Crippen molar-refractivity contribution >= 4 is 0 Å². The second-order valence-electron chi connectivity index (χ2n) is 3.61. The standard InChI is InChI=1S/C11H15NO2/c1-4-6-11(5-2,13-3)10(7-12)8-14-9-10/h2H,4,6,8-9H2,1,3H3/t11-/m0/s1. The molecule has 1 rings (SSSR count). The molecule has 1 atom stereocenters. The monoisotopic (exact) mass is 193 g/mol. The van der Waals surface area contributed by atoms with Crippen molar-refractivity contribution in [2.75, 3.05) is 20.3 Å². The lowest BCUT2D eigenvalue weighted by molar-refractivity contribution is -0.180. The van der Waals surface area contributed by atoms with Crippen LogP contribution in [0, 0.1) is 29.1 Å². The summed E-state index contributed by atoms with van der Waals surface area (Å²) in [5.41, 5.74) is -1.43. The van der Waals surface area contributed by atoms with E-state index in [0.717, 1.165) is 6.42 Å². The molecule has 0 saturated carbocycles. The molecule has 0 aliphatic carbocycles. The van der Waals surface area contributed by atoms with E-state index in [4.69, 9.17) is 21.2 Å². The normalized spacial score (nSPS) is 22.6. The lowest BCUT2D eigenvalue weighted by Crippen LogP contribution is -2.59. The van der Waals surface area contributed by atoms with E-state index in [0.29, 0.717) is 19.6 Å². The first-order chi connectivity index (χ1) is 6.70. The Hall–Kier alpha value is -1.03. The minimum atomic E-state index is -0.783. The van der Waals surface area contributed by atoms with Gasteiger partial charge in [0.1, 0.15) is 5.41 Å². The number of nitriles is 1. The summed E-state index contributed by atoms with van der Waals surface area (Å²) < 4.78 is 10.5. The summed E-state index contributed by atoms with van der Waals surface area (Å²) in [4.78, 5) is 0. The highest BCUT2D eigenvalue weighted by Gasteiger charge is 2.56. The molecule has 3 nitrogen and oxygen atoms in total. The zero-order valence-electron chi connectivity index (χ0n) is 8.67. The summed E-state index contributed by atoms with van der Waals surface area (Å²) in [6.45, 7) is 2.78. The van der Waals surface area contributed by atoms with E-state index in [1.165, 1.54) is 0 Å². The van der Waals surface area contributed by atoms with Crippen molar-refractivity contribution in [3.05, 3.63) is 0 Å². The fourth-order valence-electron chi connectivity index (χ4n) is 1.85. The molecule has 0 unspecified atom stereocenters. The van der Waals surface area contributed by atoms with Crippen LogP contribution in [0.4, 0.5) is 0 Å². The highest BCUT2D eigenvalue weighted by molar-refractivity contribution is 5.26. The number of terminal acetylenes is 1. The Morgan fingerprint density at radius 3 is 2.50 bits per heavy atom. The minimum Gasteiger partial charge on any atom is -0.378 e. The first-order valence-corrected chi connectivity index (χ1v) is 4.72. The van der Waals surface area contributed by atoms with Crippen molar-refractivity contribution in [2.45, 2.75) is 25.4 Å². The second kappa shape index (κ2) is 4.00. The molecule has 0 radical (unpaired) electrons. The zero-order chi connectivity index (χ0) is 10.7. The van der Waals surface area contributed by atoms with Crippen LogP contribution in [-0.4, -0.2) is 25.9 Å². The first-order valence-electron chi connectivity index (χ1n) is 4.72. The Bertz CT molecular complexity index is 283. The fourth-order valence-corrected chi connectivity index (χ4v) is 1.85. The molecule has 3 heteroatoms. The maximum atomic E-state index is 9.16. The molecule has 1 aliphatic heterocycles. The third-order valence-electron chi connectivity index (χ3n) is 2.87. The van der Waals surface area contributed by atoms with Crippen molar-refractivity contribution in [2.24, 2.45) is 5.41 Å². The van der Waals surface area contributed by atoms with Crippen LogP contribution in [0.2, 0.25) is 0 Å². The number of methoxy groups -OCH3 is 1. The largest absolute Gasteiger partial charge is 0.378 e. The van der Waals surface area contributed by atoms with Gasteiger partial charge in [-0.2, -0.15) is 5.26 Å². The summed E-state index contributed by atoms with van der Waals surface area (Å²) in [5, 5.41) is 9.16. The molecule has 0 amide bonds. The molecule has 0 bridgehead atoms. The quantitative estimate of drug-likeness (QED) is 0.633. The molecule has 0 aromatic heterocycles. The molecule has 1 aliphatic rings. The number of hydrogen-bond donors (Lipinski definition) is 0. The van der Waals surface area contributed by atoms with Gasteiger partial charge in [0, 0.05) is 7.11 Å². The van der Waals surface area contributed by atoms with Gasteiger partial charge in [0.2, 0.25) is 0 Å². The van der Waals surface area contributed by atoms with Crippen molar-refractivity contribution in [3.8, 4) is 18.4 Å². The maximum absolute atomic E-state index is 9.16. The van der Waals surface area contributed by atoms with Crippen LogP contribution in [0.1, 0.15) is 19.8 Å². The Morgan fingerprint density at radius 2 is 2.29 bits per heavy atom. The number of hydrogen-bond acceptors (Lipinski definition) is 3. The van der Waals surface area contributed by atoms with E-state index in [1.807, 2.05) is 6.92 Å². The summed E-state index contributed by atoms with van der Waals surface area (Å²) >= 11 is 0. The zero-order valence-corrected chi connectivity index (χ0v) is 8.67. The first kappa shape index (κ1) is 11.0. The van der Waals surface area contributed by atoms with Crippen LogP contribution in [0.3, 0.4) is 0 Å². The molecule has 0 aromatic rings. The van der Waals surface area contributed by atoms with E-state index in [9.17, 15) is 0 Å². The van der Waals surface area contributed by atoms with Gasteiger partial charge in [0.15, 0.2) is 5.60 Å². The van der Waals surface area contributed by atoms with Crippen molar-refractivity contribution in [1.29, 1.82) is 5.26 Å². The van der Waals surface area contributed by atoms with Crippen LogP contribution in [0.15, 0.2) is 0 Å². The summed E-state index contributed by atoms with van der Waals surface area (Å²) in [6.07, 6.45) is 7.08. The van der Waals surface area contributed by atoms with Crippen LogP contribution in [-0.2, 0) is 9.47 Å². The van der Waals surface area contributed by atoms with Crippen molar-refractivity contribution in [3.63, 3.8) is 0 Å². The van der Waals surface area contributed by atoms with Gasteiger partial charge in [-0.1, -0.05) is 19.3 Å². The van der Waals surface area contributed by atoms with Gasteiger partial charge in [-0.15, -0.1) is 6.42 Å². The van der Waals surface area contributed by atoms with Crippen LogP contribution in [0.5, 0.6) is 0 Å². The van der Waals surface area contributed by atoms with Gasteiger partial charge in [-0.25, -0.2) is 0 Å². The fraction of sp³-hybridized carbons (Fsp3) is 0.727. The summed E-state index contributed by atoms with van der Waals surface area (Å²) in [5.74, 6) is 2.64. The molecule has 1 saturated heterocycles. The SMILES string of the molecule is C#C[C@@](CCC)(OC)C1(C#N)COC1. The van der Waals surface area contributed by atoms with Gasteiger partial charge in [0.25, 0.3) is 0 Å². The molecular weight excluding hydrogens is 178 g/mol. The van der Waals surface area contributed by atoms with Gasteiger partial charge in [0.05, 0.1) is 19.3 Å². The van der Waals surface area contributed by atoms with Crippen LogP contribution < -0.4 is 0 Å². The third kappa shape index (κ3) is 1.30. The summed E-state index contributed by atoms with van der Waals surface area (Å²) in [6, 6.07) is 2.25.